The molecule has 0 aliphatic heterocycles. The van der Waals surface area contributed by atoms with E-state index >= 15 is 0 Å². The fourth-order valence-electron chi connectivity index (χ4n) is 4.41. The maximum absolute atomic E-state index is 12.8. The molecule has 35 heavy (non-hydrogen) atoms. The molecule has 0 atom stereocenters. The van der Waals surface area contributed by atoms with E-state index in [4.69, 9.17) is 0 Å². The van der Waals surface area contributed by atoms with Gasteiger partial charge in [-0.25, -0.2) is 8.42 Å². The van der Waals surface area contributed by atoms with Crippen LogP contribution in [-0.4, -0.2) is 43.6 Å². The molecule has 0 radical (unpaired) electrons. The van der Waals surface area contributed by atoms with Crippen LogP contribution in [-0.2, 0) is 15.3 Å². The number of nitrogens with one attached hydrogen (secondary N) is 1. The molecule has 2 aromatic rings. The first kappa shape index (κ1) is 29.3. The zero-order chi connectivity index (χ0) is 26.4. The molecule has 0 bridgehead atoms. The van der Waals surface area contributed by atoms with Gasteiger partial charge in [0.15, 0.2) is 0 Å². The third kappa shape index (κ3) is 7.05. The number of sulfone groups is 1. The van der Waals surface area contributed by atoms with E-state index in [2.05, 4.69) is 50.4 Å². The largest absolute Gasteiger partial charge is 0.386 e. The number of hydrogen-bond acceptors (Lipinski definition) is 5. The van der Waals surface area contributed by atoms with Gasteiger partial charge in [-0.05, 0) is 67.9 Å². The van der Waals surface area contributed by atoms with Crippen LogP contribution in [0.4, 0.5) is 0 Å². The SMILES string of the molecule is CCC(O)(/C=C/c1ccc(C(CC)(CC)c2cc(C)c(C(=O)NCCS(C)(=O)=O)s2)cc1C)CC. The van der Waals surface area contributed by atoms with E-state index in [1.165, 1.54) is 23.2 Å². The summed E-state index contributed by atoms with van der Waals surface area (Å²) in [6, 6.07) is 8.61. The van der Waals surface area contributed by atoms with Gasteiger partial charge in [0.05, 0.1) is 16.2 Å². The average Bonchev–Trinajstić information content (AvgIpc) is 3.20. The van der Waals surface area contributed by atoms with Crippen LogP contribution in [0.1, 0.15) is 90.2 Å². The van der Waals surface area contributed by atoms with Crippen molar-refractivity contribution in [3.63, 3.8) is 0 Å². The minimum absolute atomic E-state index is 0.0716. The lowest BCUT2D eigenvalue weighted by Gasteiger charge is -2.32. The van der Waals surface area contributed by atoms with Crippen molar-refractivity contribution in [1.29, 1.82) is 0 Å². The van der Waals surface area contributed by atoms with Gasteiger partial charge in [-0.3, -0.25) is 4.79 Å². The lowest BCUT2D eigenvalue weighted by atomic mass is 9.74. The number of carbonyl (C=O) groups excluding carboxylic acids is 1. The smallest absolute Gasteiger partial charge is 0.261 e. The van der Waals surface area contributed by atoms with E-state index in [0.29, 0.717) is 17.7 Å². The molecule has 1 amide bonds. The quantitative estimate of drug-likeness (QED) is 0.371. The van der Waals surface area contributed by atoms with Crippen molar-refractivity contribution >= 4 is 33.2 Å². The van der Waals surface area contributed by atoms with Gasteiger partial charge in [-0.2, -0.15) is 0 Å². The second kappa shape index (κ2) is 11.8. The third-order valence-corrected chi connectivity index (χ3v) is 9.57. The number of rotatable bonds is 12. The second-order valence-electron chi connectivity index (χ2n) is 9.51. The van der Waals surface area contributed by atoms with Crippen LogP contribution in [0.5, 0.6) is 0 Å². The van der Waals surface area contributed by atoms with Crippen LogP contribution in [0.3, 0.4) is 0 Å². The van der Waals surface area contributed by atoms with E-state index in [9.17, 15) is 18.3 Å². The molecule has 0 fully saturated rings. The minimum Gasteiger partial charge on any atom is -0.386 e. The Balaban J connectivity index is 2.39. The molecular weight excluding hydrogens is 478 g/mol. The van der Waals surface area contributed by atoms with E-state index in [1.807, 2.05) is 32.9 Å². The van der Waals surface area contributed by atoms with Gasteiger partial charge in [-0.15, -0.1) is 11.3 Å². The molecule has 0 aliphatic carbocycles. The number of aryl methyl sites for hydroxylation is 2. The zero-order valence-corrected chi connectivity index (χ0v) is 23.8. The fourth-order valence-corrected chi connectivity index (χ4v) is 6.33. The van der Waals surface area contributed by atoms with Gasteiger partial charge >= 0.3 is 0 Å². The molecule has 7 heteroatoms. The van der Waals surface area contributed by atoms with Crippen molar-refractivity contribution in [1.82, 2.24) is 5.32 Å². The molecule has 5 nitrogen and oxygen atoms in total. The summed E-state index contributed by atoms with van der Waals surface area (Å²) in [5, 5.41) is 13.4. The van der Waals surface area contributed by atoms with Crippen LogP contribution in [0, 0.1) is 13.8 Å². The highest BCUT2D eigenvalue weighted by molar-refractivity contribution is 7.90. The Morgan fingerprint density at radius 1 is 1.03 bits per heavy atom. The highest BCUT2D eigenvalue weighted by atomic mass is 32.2. The van der Waals surface area contributed by atoms with Crippen LogP contribution in [0.25, 0.3) is 6.08 Å². The lowest BCUT2D eigenvalue weighted by molar-refractivity contribution is 0.0836. The standard InChI is InChI=1S/C28H41NO4S2/c1-8-27(31,9-2)15-14-22-12-13-23(18-20(22)5)28(10-3,11-4)24-19-21(6)25(34-24)26(30)29-16-17-35(7,32)33/h12-15,18-19,31H,8-11,16-17H2,1-7H3,(H,29,30)/b15-14+. The molecular formula is C28H41NO4S2. The minimum atomic E-state index is -3.13. The molecule has 2 N–H and O–H groups in total. The van der Waals surface area contributed by atoms with Crippen molar-refractivity contribution in [2.45, 2.75) is 78.2 Å². The van der Waals surface area contributed by atoms with E-state index in [1.54, 1.807) is 0 Å². The number of carbonyl (C=O) groups is 1. The van der Waals surface area contributed by atoms with Gasteiger partial charge in [0.1, 0.15) is 9.84 Å². The summed E-state index contributed by atoms with van der Waals surface area (Å²) in [5.41, 5.74) is 3.34. The van der Waals surface area contributed by atoms with Crippen molar-refractivity contribution in [3.8, 4) is 0 Å². The van der Waals surface area contributed by atoms with Crippen LogP contribution >= 0.6 is 11.3 Å². The van der Waals surface area contributed by atoms with Gasteiger partial charge < -0.3 is 10.4 Å². The molecule has 0 aliphatic rings. The second-order valence-corrected chi connectivity index (χ2v) is 12.8. The molecule has 0 saturated heterocycles. The summed E-state index contributed by atoms with van der Waals surface area (Å²) in [5.74, 6) is -0.294. The van der Waals surface area contributed by atoms with Gasteiger partial charge in [0.2, 0.25) is 0 Å². The Morgan fingerprint density at radius 3 is 2.17 bits per heavy atom. The van der Waals surface area contributed by atoms with Gasteiger partial charge in [0.25, 0.3) is 5.91 Å². The Morgan fingerprint density at radius 2 is 1.66 bits per heavy atom. The number of benzene rings is 1. The topological polar surface area (TPSA) is 83.5 Å². The summed E-state index contributed by atoms with van der Waals surface area (Å²) in [6.45, 7) is 12.5. The molecule has 194 valence electrons. The number of hydrogen-bond donors (Lipinski definition) is 2. The summed E-state index contributed by atoms with van der Waals surface area (Å²) in [7, 11) is -3.13. The Hall–Kier alpha value is -1.96. The van der Waals surface area contributed by atoms with Crippen LogP contribution in [0.2, 0.25) is 0 Å². The molecule has 1 heterocycles. The predicted octanol–water partition coefficient (Wildman–Crippen LogP) is 5.81. The fraction of sp³-hybridized carbons (Fsp3) is 0.536. The van der Waals surface area contributed by atoms with Gasteiger partial charge in [0, 0.05) is 23.1 Å². The summed E-state index contributed by atoms with van der Waals surface area (Å²) in [6.07, 6.45) is 8.21. The van der Waals surface area contributed by atoms with Crippen molar-refractivity contribution in [2.24, 2.45) is 0 Å². The number of aliphatic hydroxyl groups is 1. The van der Waals surface area contributed by atoms with E-state index in [0.717, 1.165) is 34.4 Å². The summed E-state index contributed by atoms with van der Waals surface area (Å²) >= 11 is 1.50. The molecule has 0 saturated carbocycles. The first-order chi connectivity index (χ1) is 16.3. The van der Waals surface area contributed by atoms with E-state index < -0.39 is 15.4 Å². The molecule has 2 rings (SSSR count). The van der Waals surface area contributed by atoms with E-state index in [-0.39, 0.29) is 23.6 Å². The average molecular weight is 520 g/mol. The van der Waals surface area contributed by atoms with Crippen molar-refractivity contribution in [2.75, 3.05) is 18.6 Å². The Kier molecular flexibility index (Phi) is 9.91. The molecule has 0 spiro atoms. The monoisotopic (exact) mass is 519 g/mol. The summed E-state index contributed by atoms with van der Waals surface area (Å²) < 4.78 is 22.8. The van der Waals surface area contributed by atoms with Crippen molar-refractivity contribution < 1.29 is 18.3 Å². The Bertz CT molecular complexity index is 1150. The zero-order valence-electron chi connectivity index (χ0n) is 22.2. The lowest BCUT2D eigenvalue weighted by Crippen LogP contribution is -2.28. The summed E-state index contributed by atoms with van der Waals surface area (Å²) in [4.78, 5) is 14.6. The number of amides is 1. The van der Waals surface area contributed by atoms with Crippen LogP contribution in [0.15, 0.2) is 30.3 Å². The number of thiophene rings is 1. The Labute approximate surface area is 215 Å². The van der Waals surface area contributed by atoms with Crippen molar-refractivity contribution in [3.05, 3.63) is 62.3 Å². The molecule has 1 aromatic heterocycles. The molecule has 1 aromatic carbocycles. The maximum atomic E-state index is 12.8. The predicted molar refractivity (Wildman–Crippen MR) is 148 cm³/mol. The highest BCUT2D eigenvalue weighted by Gasteiger charge is 2.34. The molecule has 0 unspecified atom stereocenters. The normalized spacial score (nSPS) is 12.9. The first-order valence-electron chi connectivity index (χ1n) is 12.4. The van der Waals surface area contributed by atoms with Gasteiger partial charge in [-0.1, -0.05) is 58.0 Å². The first-order valence-corrected chi connectivity index (χ1v) is 15.3. The maximum Gasteiger partial charge on any atom is 0.261 e. The highest BCUT2D eigenvalue weighted by Crippen LogP contribution is 2.43. The third-order valence-electron chi connectivity index (χ3n) is 7.18. The van der Waals surface area contributed by atoms with Crippen LogP contribution < -0.4 is 5.32 Å².